The summed E-state index contributed by atoms with van der Waals surface area (Å²) in [6.07, 6.45) is -2.01. The number of hydrogen-bond acceptors (Lipinski definition) is 6. The fraction of sp³-hybridized carbons (Fsp3) is 0.281. The molecule has 14 heteroatoms. The largest absolute Gasteiger partial charge is 0.490 e. The Balaban J connectivity index is 0.000000942. The van der Waals surface area contributed by atoms with Gasteiger partial charge in [-0.1, -0.05) is 56.2 Å². The third-order valence-corrected chi connectivity index (χ3v) is 6.18. The number of nitrogens with one attached hydrogen (secondary N) is 2. The number of aliphatic imine (C=N–C) groups is 1. The summed E-state index contributed by atoms with van der Waals surface area (Å²) in [6, 6.07) is 22.6. The number of carbonyl (C=O) groups excluding carboxylic acids is 2. The van der Waals surface area contributed by atoms with E-state index in [9.17, 15) is 22.8 Å². The number of carboxylic acid groups (broad SMARTS) is 1. The summed E-state index contributed by atoms with van der Waals surface area (Å²) in [4.78, 5) is 38.7. The molecule has 2 amide bonds. The smallest absolute Gasteiger partial charge is 0.489 e. The molecule has 0 aromatic heterocycles. The number of hydrogen-bond donors (Lipinski definition) is 5. The number of ether oxygens (including phenoxy) is 1. The van der Waals surface area contributed by atoms with E-state index in [1.165, 1.54) is 0 Å². The zero-order valence-corrected chi connectivity index (χ0v) is 25.0. The molecule has 0 bridgehead atoms. The molecule has 0 aliphatic heterocycles. The van der Waals surface area contributed by atoms with Gasteiger partial charge in [0.15, 0.2) is 5.96 Å². The van der Waals surface area contributed by atoms with Crippen molar-refractivity contribution < 1.29 is 37.4 Å². The number of alkyl halides is 3. The van der Waals surface area contributed by atoms with E-state index in [2.05, 4.69) is 28.6 Å². The summed E-state index contributed by atoms with van der Waals surface area (Å²) in [5.74, 6) is -2.66. The van der Waals surface area contributed by atoms with Crippen LogP contribution >= 0.6 is 0 Å². The number of halogens is 3. The van der Waals surface area contributed by atoms with Crippen LogP contribution in [0.5, 0.6) is 5.75 Å². The molecule has 0 aliphatic carbocycles. The van der Waals surface area contributed by atoms with Gasteiger partial charge in [-0.15, -0.1) is 0 Å². The molecular formula is C32H35F3N6O5. The number of carboxylic acids is 1. The van der Waals surface area contributed by atoms with E-state index in [4.69, 9.17) is 31.4 Å². The third-order valence-electron chi connectivity index (χ3n) is 6.18. The fourth-order valence-electron chi connectivity index (χ4n) is 3.80. The molecule has 11 nitrogen and oxygen atoms in total. The van der Waals surface area contributed by atoms with Gasteiger partial charge in [-0.3, -0.25) is 9.59 Å². The molecule has 46 heavy (non-hydrogen) atoms. The van der Waals surface area contributed by atoms with Crippen LogP contribution in [0.15, 0.2) is 77.8 Å². The molecule has 0 radical (unpaired) electrons. The SMILES string of the molecule is CCCCCC(=O)N[C@H](C(=O)NCc1ccc(N=C(N)N)cc1)c1ccc(OCc2ccc(C#N)cc2)cc1.O=C(O)C(F)(F)F. The van der Waals surface area contributed by atoms with Crippen LogP contribution in [-0.2, 0) is 27.5 Å². The van der Waals surface area contributed by atoms with Crippen molar-refractivity contribution in [2.45, 2.75) is 58.0 Å². The molecule has 0 aliphatic rings. The molecule has 0 spiro atoms. The molecule has 3 aromatic carbocycles. The highest BCUT2D eigenvalue weighted by molar-refractivity contribution is 5.88. The lowest BCUT2D eigenvalue weighted by Crippen LogP contribution is -2.40. The van der Waals surface area contributed by atoms with Crippen LogP contribution in [-0.4, -0.2) is 35.0 Å². The molecule has 3 aromatic rings. The lowest BCUT2D eigenvalue weighted by Gasteiger charge is -2.19. The van der Waals surface area contributed by atoms with E-state index in [-0.39, 0.29) is 24.3 Å². The zero-order chi connectivity index (χ0) is 34.1. The molecule has 0 heterocycles. The van der Waals surface area contributed by atoms with Crippen molar-refractivity contribution in [3.05, 3.63) is 95.1 Å². The van der Waals surface area contributed by atoms with Crippen molar-refractivity contribution in [2.24, 2.45) is 16.5 Å². The molecule has 7 N–H and O–H groups in total. The number of nitriles is 1. The molecule has 0 saturated carbocycles. The Morgan fingerprint density at radius 2 is 1.54 bits per heavy atom. The van der Waals surface area contributed by atoms with Crippen LogP contribution in [0.3, 0.4) is 0 Å². The Bertz CT molecular complexity index is 1500. The second-order valence-electron chi connectivity index (χ2n) is 9.85. The monoisotopic (exact) mass is 640 g/mol. The summed E-state index contributed by atoms with van der Waals surface area (Å²) in [6.45, 7) is 2.68. The Morgan fingerprint density at radius 1 is 0.957 bits per heavy atom. The minimum absolute atomic E-state index is 0.0285. The Kier molecular flexibility index (Phi) is 14.5. The second-order valence-corrected chi connectivity index (χ2v) is 9.85. The number of amides is 2. The van der Waals surface area contributed by atoms with Crippen LogP contribution in [0.25, 0.3) is 0 Å². The first kappa shape index (κ1) is 36.6. The summed E-state index contributed by atoms with van der Waals surface area (Å²) < 4.78 is 37.6. The van der Waals surface area contributed by atoms with Gasteiger partial charge in [0.25, 0.3) is 0 Å². The molecule has 3 rings (SSSR count). The average molecular weight is 641 g/mol. The summed E-state index contributed by atoms with van der Waals surface area (Å²) in [7, 11) is 0. The minimum atomic E-state index is -5.08. The number of nitrogens with two attached hydrogens (primary N) is 2. The maximum atomic E-state index is 13.2. The highest BCUT2D eigenvalue weighted by atomic mass is 19.4. The van der Waals surface area contributed by atoms with Gasteiger partial charge < -0.3 is 31.9 Å². The maximum absolute atomic E-state index is 13.2. The number of unbranched alkanes of at least 4 members (excludes halogenated alkanes) is 2. The van der Waals surface area contributed by atoms with Crippen molar-refractivity contribution in [1.29, 1.82) is 5.26 Å². The second kappa shape index (κ2) is 18.3. The van der Waals surface area contributed by atoms with E-state index in [1.54, 1.807) is 48.5 Å². The highest BCUT2D eigenvalue weighted by Crippen LogP contribution is 2.21. The van der Waals surface area contributed by atoms with Crippen molar-refractivity contribution in [1.82, 2.24) is 10.6 Å². The minimum Gasteiger partial charge on any atom is -0.489 e. The number of benzene rings is 3. The van der Waals surface area contributed by atoms with E-state index in [0.29, 0.717) is 35.6 Å². The predicted octanol–water partition coefficient (Wildman–Crippen LogP) is 4.73. The topological polar surface area (TPSA) is 193 Å². The van der Waals surface area contributed by atoms with Gasteiger partial charge in [-0.05, 0) is 59.5 Å². The predicted molar refractivity (Wildman–Crippen MR) is 164 cm³/mol. The van der Waals surface area contributed by atoms with Gasteiger partial charge in [0.05, 0.1) is 17.3 Å². The highest BCUT2D eigenvalue weighted by Gasteiger charge is 2.38. The zero-order valence-electron chi connectivity index (χ0n) is 25.0. The van der Waals surface area contributed by atoms with Crippen molar-refractivity contribution in [3.63, 3.8) is 0 Å². The van der Waals surface area contributed by atoms with Crippen LogP contribution < -0.4 is 26.8 Å². The number of rotatable bonds is 13. The summed E-state index contributed by atoms with van der Waals surface area (Å²) in [5.41, 5.74) is 14.5. The lowest BCUT2D eigenvalue weighted by molar-refractivity contribution is -0.192. The van der Waals surface area contributed by atoms with Crippen LogP contribution in [0, 0.1) is 11.3 Å². The Morgan fingerprint density at radius 3 is 2.07 bits per heavy atom. The first-order valence-corrected chi connectivity index (χ1v) is 14.1. The quantitative estimate of drug-likeness (QED) is 0.101. The van der Waals surface area contributed by atoms with E-state index >= 15 is 0 Å². The van der Waals surface area contributed by atoms with Gasteiger partial charge in [0, 0.05) is 13.0 Å². The van der Waals surface area contributed by atoms with Gasteiger partial charge in [0.2, 0.25) is 11.8 Å². The van der Waals surface area contributed by atoms with Gasteiger partial charge in [-0.2, -0.15) is 18.4 Å². The van der Waals surface area contributed by atoms with E-state index < -0.39 is 18.2 Å². The molecule has 1 atom stereocenters. The number of aliphatic carboxylic acids is 1. The molecular weight excluding hydrogens is 605 g/mol. The van der Waals surface area contributed by atoms with E-state index in [1.807, 2.05) is 24.3 Å². The molecule has 0 saturated heterocycles. The Labute approximate surface area is 264 Å². The van der Waals surface area contributed by atoms with Crippen LogP contribution in [0.2, 0.25) is 0 Å². The van der Waals surface area contributed by atoms with Crippen LogP contribution in [0.4, 0.5) is 18.9 Å². The molecule has 244 valence electrons. The maximum Gasteiger partial charge on any atom is 0.490 e. The number of nitrogens with zero attached hydrogens (tertiary/aromatic N) is 2. The van der Waals surface area contributed by atoms with Crippen molar-refractivity contribution >= 4 is 29.4 Å². The van der Waals surface area contributed by atoms with E-state index in [0.717, 1.165) is 30.4 Å². The number of carbonyl (C=O) groups is 3. The van der Waals surface area contributed by atoms with Crippen molar-refractivity contribution in [2.75, 3.05) is 0 Å². The van der Waals surface area contributed by atoms with Crippen LogP contribution in [0.1, 0.15) is 60.9 Å². The van der Waals surface area contributed by atoms with Gasteiger partial charge in [0.1, 0.15) is 18.4 Å². The summed E-state index contributed by atoms with van der Waals surface area (Å²) in [5, 5.41) is 21.9. The van der Waals surface area contributed by atoms with Crippen molar-refractivity contribution in [3.8, 4) is 11.8 Å². The average Bonchev–Trinajstić information content (AvgIpc) is 3.02. The normalized spacial score (nSPS) is 11.1. The summed E-state index contributed by atoms with van der Waals surface area (Å²) >= 11 is 0. The Hall–Kier alpha value is -5.58. The van der Waals surface area contributed by atoms with Gasteiger partial charge in [-0.25, -0.2) is 9.79 Å². The third kappa shape index (κ3) is 13.4. The number of guanidine groups is 1. The first-order valence-electron chi connectivity index (χ1n) is 14.1. The lowest BCUT2D eigenvalue weighted by atomic mass is 10.0. The standard InChI is InChI=1S/C30H34N6O3.C2HF3O2/c1-2-3-4-5-27(37)36-28(29(38)34-19-22-10-14-25(15-11-22)35-30(32)33)24-12-16-26(17-13-24)39-20-23-8-6-21(18-31)7-9-23;3-2(4,5)1(6)7/h6-17,28H,2-5,19-20H2,1H3,(H,34,38)(H,36,37)(H4,32,33,35);(H,6,7)/t28-;/m0./s1. The van der Waals surface area contributed by atoms with Gasteiger partial charge >= 0.3 is 12.1 Å². The molecule has 0 unspecified atom stereocenters. The molecule has 0 fully saturated rings. The first-order chi connectivity index (χ1) is 21.8. The fourth-order valence-corrected chi connectivity index (χ4v) is 3.80.